The van der Waals surface area contributed by atoms with Gasteiger partial charge in [-0.15, -0.1) is 0 Å². The molecule has 0 aromatic carbocycles. The maximum Gasteiger partial charge on any atom is -0.0292 e. The van der Waals surface area contributed by atoms with Gasteiger partial charge >= 0.3 is 0 Å². The van der Waals surface area contributed by atoms with Gasteiger partial charge in [0.15, 0.2) is 0 Å². The van der Waals surface area contributed by atoms with Crippen molar-refractivity contribution in [3.05, 3.63) is 0 Å². The van der Waals surface area contributed by atoms with Crippen LogP contribution in [0.4, 0.5) is 0 Å². The summed E-state index contributed by atoms with van der Waals surface area (Å²) in [5.74, 6) is 2.17. The molecular weight excluding hydrogens is 180 g/mol. The predicted octanol–water partition coefficient (Wildman–Crippen LogP) is 5.67. The molecule has 15 heavy (non-hydrogen) atoms. The minimum atomic E-state index is 0. The van der Waals surface area contributed by atoms with Crippen LogP contribution in [0, 0.1) is 17.3 Å². The molecule has 0 saturated heterocycles. The van der Waals surface area contributed by atoms with E-state index in [-0.39, 0.29) is 14.9 Å². The maximum atomic E-state index is 2.36. The molecule has 1 spiro atoms. The maximum absolute atomic E-state index is 2.36. The van der Waals surface area contributed by atoms with E-state index in [4.69, 9.17) is 0 Å². The summed E-state index contributed by atoms with van der Waals surface area (Å²) in [5, 5.41) is 0. The van der Waals surface area contributed by atoms with E-state index >= 15 is 0 Å². The van der Waals surface area contributed by atoms with Gasteiger partial charge in [0.05, 0.1) is 0 Å². The van der Waals surface area contributed by atoms with Crippen molar-refractivity contribution in [2.24, 2.45) is 17.3 Å². The van der Waals surface area contributed by atoms with Crippen LogP contribution in [0.2, 0.25) is 0 Å². The van der Waals surface area contributed by atoms with Crippen molar-refractivity contribution in [1.29, 1.82) is 0 Å². The average molecular weight is 212 g/mol. The molecule has 2 aliphatic rings. The van der Waals surface area contributed by atoms with Crippen LogP contribution in [0.1, 0.15) is 80.1 Å². The third-order valence-electron chi connectivity index (χ3n) is 4.76. The van der Waals surface area contributed by atoms with Crippen LogP contribution in [0.15, 0.2) is 0 Å². The Hall–Kier alpha value is 0. The molecule has 0 nitrogen and oxygen atoms in total. The predicted molar refractivity (Wildman–Crippen MR) is 71.2 cm³/mol. The van der Waals surface area contributed by atoms with Crippen molar-refractivity contribution >= 4 is 0 Å². The highest BCUT2D eigenvalue weighted by Gasteiger charge is 2.44. The van der Waals surface area contributed by atoms with Gasteiger partial charge in [0.2, 0.25) is 0 Å². The van der Waals surface area contributed by atoms with Crippen LogP contribution in [0.3, 0.4) is 0 Å². The summed E-state index contributed by atoms with van der Waals surface area (Å²) in [6.07, 6.45) is 12.2. The molecule has 0 aromatic rings. The third-order valence-corrected chi connectivity index (χ3v) is 4.76. The summed E-state index contributed by atoms with van der Waals surface area (Å²) in [6.45, 7) is 4.72. The van der Waals surface area contributed by atoms with Crippen molar-refractivity contribution in [2.45, 2.75) is 80.1 Å². The van der Waals surface area contributed by atoms with E-state index in [0.29, 0.717) is 0 Å². The first-order chi connectivity index (χ1) is 6.28. The molecule has 92 valence electrons. The Labute approximate surface area is 97.8 Å². The molecule has 0 amide bonds. The Morgan fingerprint density at radius 1 is 0.867 bits per heavy atom. The fourth-order valence-corrected chi connectivity index (χ4v) is 3.56. The first-order valence-electron chi connectivity index (χ1n) is 6.28. The van der Waals surface area contributed by atoms with Crippen molar-refractivity contribution in [1.82, 2.24) is 0 Å². The normalized spacial score (nSPS) is 38.8. The molecule has 2 saturated carbocycles. The lowest BCUT2D eigenvalue weighted by Gasteiger charge is -2.51. The van der Waals surface area contributed by atoms with E-state index < -0.39 is 0 Å². The van der Waals surface area contributed by atoms with Crippen LogP contribution in [-0.2, 0) is 0 Å². The van der Waals surface area contributed by atoms with E-state index in [9.17, 15) is 0 Å². The zero-order chi connectivity index (χ0) is 9.31. The molecule has 2 rings (SSSR count). The van der Waals surface area contributed by atoms with Gasteiger partial charge in [-0.2, -0.15) is 0 Å². The Balaban J connectivity index is 0.000000980. The molecule has 0 unspecified atom stereocenters. The minimum Gasteiger partial charge on any atom is -0.0776 e. The lowest BCUT2D eigenvalue weighted by atomic mass is 9.54. The molecule has 0 heterocycles. The van der Waals surface area contributed by atoms with Crippen LogP contribution < -0.4 is 0 Å². The summed E-state index contributed by atoms with van der Waals surface area (Å²) >= 11 is 0. The molecule has 0 atom stereocenters. The Morgan fingerprint density at radius 3 is 1.73 bits per heavy atom. The largest absolute Gasteiger partial charge is 0.0776 e. The molecule has 0 aromatic heterocycles. The molecule has 0 bridgehead atoms. The lowest BCUT2D eigenvalue weighted by Crippen LogP contribution is -2.39. The summed E-state index contributed by atoms with van der Waals surface area (Å²) < 4.78 is 0. The summed E-state index contributed by atoms with van der Waals surface area (Å²) in [5.41, 5.74) is 0.854. The van der Waals surface area contributed by atoms with Crippen LogP contribution >= 0.6 is 0 Å². The SMILES string of the molecule is C.C.CCC1CCC2(CC1)CC(CC)C2. The third kappa shape index (κ3) is 2.98. The monoisotopic (exact) mass is 212 g/mol. The highest BCUT2D eigenvalue weighted by Crippen LogP contribution is 2.56. The fourth-order valence-electron chi connectivity index (χ4n) is 3.56. The number of rotatable bonds is 2. The van der Waals surface area contributed by atoms with E-state index in [1.54, 1.807) is 25.7 Å². The van der Waals surface area contributed by atoms with Crippen molar-refractivity contribution in [3.8, 4) is 0 Å². The van der Waals surface area contributed by atoms with E-state index in [2.05, 4.69) is 13.8 Å². The second-order valence-electron chi connectivity index (χ2n) is 5.53. The first kappa shape index (κ1) is 15.0. The van der Waals surface area contributed by atoms with Crippen molar-refractivity contribution in [2.75, 3.05) is 0 Å². The summed E-state index contributed by atoms with van der Waals surface area (Å²) in [6, 6.07) is 0. The molecule has 0 aliphatic heterocycles. The van der Waals surface area contributed by atoms with Gasteiger partial charge in [-0.25, -0.2) is 0 Å². The van der Waals surface area contributed by atoms with Crippen LogP contribution in [-0.4, -0.2) is 0 Å². The Morgan fingerprint density at radius 2 is 1.33 bits per heavy atom. The van der Waals surface area contributed by atoms with Crippen molar-refractivity contribution in [3.63, 3.8) is 0 Å². The molecule has 2 aliphatic carbocycles. The zero-order valence-corrected chi connectivity index (χ0v) is 9.31. The molecule has 2 fully saturated rings. The average Bonchev–Trinajstić information content (AvgIpc) is 2.14. The molecular formula is C15H32. The summed E-state index contributed by atoms with van der Waals surface area (Å²) in [4.78, 5) is 0. The van der Waals surface area contributed by atoms with Crippen LogP contribution in [0.25, 0.3) is 0 Å². The zero-order valence-electron chi connectivity index (χ0n) is 9.31. The second kappa shape index (κ2) is 5.92. The van der Waals surface area contributed by atoms with E-state index in [0.717, 1.165) is 17.3 Å². The van der Waals surface area contributed by atoms with Crippen molar-refractivity contribution < 1.29 is 0 Å². The quantitative estimate of drug-likeness (QED) is 0.553. The fraction of sp³-hybridized carbons (Fsp3) is 1.00. The number of hydrogen-bond acceptors (Lipinski definition) is 0. The second-order valence-corrected chi connectivity index (χ2v) is 5.53. The topological polar surface area (TPSA) is 0 Å². The van der Waals surface area contributed by atoms with E-state index in [1.807, 2.05) is 0 Å². The van der Waals surface area contributed by atoms with Gasteiger partial charge in [-0.3, -0.25) is 0 Å². The van der Waals surface area contributed by atoms with Crippen LogP contribution in [0.5, 0.6) is 0 Å². The minimum absolute atomic E-state index is 0. The Bertz CT molecular complexity index is 155. The standard InChI is InChI=1S/C13H24.2CH4/c1-3-11-5-7-13(8-6-11)9-12(4-2)10-13;;/h11-12H,3-10H2,1-2H3;2*1H4. The molecule has 0 heteroatoms. The first-order valence-corrected chi connectivity index (χ1v) is 6.28. The lowest BCUT2D eigenvalue weighted by molar-refractivity contribution is -0.00163. The smallest absolute Gasteiger partial charge is 0.0292 e. The molecule has 0 N–H and O–H groups in total. The van der Waals surface area contributed by atoms with E-state index in [1.165, 1.54) is 25.7 Å². The van der Waals surface area contributed by atoms with Gasteiger partial charge in [-0.1, -0.05) is 41.5 Å². The van der Waals surface area contributed by atoms with Gasteiger partial charge in [0.1, 0.15) is 0 Å². The number of hydrogen-bond donors (Lipinski definition) is 0. The van der Waals surface area contributed by atoms with Gasteiger partial charge in [0, 0.05) is 0 Å². The molecule has 0 radical (unpaired) electrons. The highest BCUT2D eigenvalue weighted by atomic mass is 14.5. The van der Waals surface area contributed by atoms with Gasteiger partial charge in [-0.05, 0) is 55.8 Å². The van der Waals surface area contributed by atoms with Gasteiger partial charge in [0.25, 0.3) is 0 Å². The Kier molecular flexibility index (Phi) is 5.92. The highest BCUT2D eigenvalue weighted by molar-refractivity contribution is 4.95. The van der Waals surface area contributed by atoms with Gasteiger partial charge < -0.3 is 0 Å². The summed E-state index contributed by atoms with van der Waals surface area (Å²) in [7, 11) is 0.